The molecule has 1 aliphatic heterocycles. The Morgan fingerprint density at radius 3 is 2.94 bits per heavy atom. The molecule has 1 aromatic rings. The molecule has 1 aliphatic rings. The van der Waals surface area contributed by atoms with Crippen LogP contribution < -0.4 is 16.0 Å². The summed E-state index contributed by atoms with van der Waals surface area (Å²) in [6.07, 6.45) is 1.93. The number of carbonyl (C=O) groups is 1. The van der Waals surface area contributed by atoms with Gasteiger partial charge in [-0.1, -0.05) is 12.1 Å². The molecule has 4 heteroatoms. The molecule has 3 N–H and O–H groups in total. The molecule has 0 radical (unpaired) electrons. The Balaban J connectivity index is 2.27. The molecule has 1 aromatic carbocycles. The van der Waals surface area contributed by atoms with E-state index < -0.39 is 0 Å². The van der Waals surface area contributed by atoms with E-state index in [1.807, 2.05) is 24.3 Å². The van der Waals surface area contributed by atoms with Gasteiger partial charge < -0.3 is 16.0 Å². The quantitative estimate of drug-likeness (QED) is 0.729. The first-order chi connectivity index (χ1) is 7.74. The molecule has 0 spiro atoms. The fourth-order valence-electron chi connectivity index (χ4n) is 2.24. The molecule has 0 bridgehead atoms. The Hall–Kier alpha value is -1.71. The van der Waals surface area contributed by atoms with Gasteiger partial charge in [-0.3, -0.25) is 4.79 Å². The van der Waals surface area contributed by atoms with Gasteiger partial charge in [-0.05, 0) is 25.0 Å². The summed E-state index contributed by atoms with van der Waals surface area (Å²) in [5.74, 6) is 0.0701. The van der Waals surface area contributed by atoms with Crippen molar-refractivity contribution in [3.63, 3.8) is 0 Å². The van der Waals surface area contributed by atoms with Crippen molar-refractivity contribution in [2.75, 3.05) is 24.2 Å². The fraction of sp³-hybridized carbons (Fsp3) is 0.417. The van der Waals surface area contributed by atoms with E-state index in [1.54, 1.807) is 7.05 Å². The highest BCUT2D eigenvalue weighted by Gasteiger charge is 2.30. The number of nitrogens with zero attached hydrogens (tertiary/aromatic N) is 1. The summed E-state index contributed by atoms with van der Waals surface area (Å²) >= 11 is 0. The van der Waals surface area contributed by atoms with Crippen molar-refractivity contribution in [3.8, 4) is 0 Å². The minimum Gasteiger partial charge on any atom is -0.397 e. The average molecular weight is 219 g/mol. The number of nitrogens with two attached hydrogens (primary N) is 1. The van der Waals surface area contributed by atoms with Crippen molar-refractivity contribution < 1.29 is 4.79 Å². The summed E-state index contributed by atoms with van der Waals surface area (Å²) in [7, 11) is 1.67. The van der Waals surface area contributed by atoms with Crippen molar-refractivity contribution in [1.29, 1.82) is 0 Å². The lowest BCUT2D eigenvalue weighted by Gasteiger charge is -2.26. The maximum Gasteiger partial charge on any atom is 0.242 e. The van der Waals surface area contributed by atoms with Gasteiger partial charge in [0, 0.05) is 13.6 Å². The third kappa shape index (κ3) is 1.83. The highest BCUT2D eigenvalue weighted by Crippen LogP contribution is 2.29. The Kier molecular flexibility index (Phi) is 2.99. The number of amides is 1. The molecule has 1 amide bonds. The molecule has 1 atom stereocenters. The topological polar surface area (TPSA) is 58.4 Å². The molecule has 1 unspecified atom stereocenters. The fourth-order valence-corrected chi connectivity index (χ4v) is 2.24. The van der Waals surface area contributed by atoms with Crippen LogP contribution in [-0.2, 0) is 4.79 Å². The summed E-state index contributed by atoms with van der Waals surface area (Å²) in [6.45, 7) is 0.895. The predicted molar refractivity (Wildman–Crippen MR) is 65.3 cm³/mol. The zero-order valence-corrected chi connectivity index (χ0v) is 9.44. The third-order valence-corrected chi connectivity index (χ3v) is 3.05. The number of carbonyl (C=O) groups excluding carboxylic acids is 1. The highest BCUT2D eigenvalue weighted by molar-refractivity contribution is 5.87. The van der Waals surface area contributed by atoms with Gasteiger partial charge in [0.15, 0.2) is 0 Å². The summed E-state index contributed by atoms with van der Waals surface area (Å²) in [6, 6.07) is 7.62. The molecule has 1 fully saturated rings. The van der Waals surface area contributed by atoms with Crippen molar-refractivity contribution >= 4 is 17.3 Å². The van der Waals surface area contributed by atoms with Gasteiger partial charge >= 0.3 is 0 Å². The largest absolute Gasteiger partial charge is 0.397 e. The predicted octanol–water partition coefficient (Wildman–Crippen LogP) is 0.984. The lowest BCUT2D eigenvalue weighted by atomic mass is 10.2. The van der Waals surface area contributed by atoms with Crippen LogP contribution in [0.25, 0.3) is 0 Å². The molecule has 0 saturated carbocycles. The lowest BCUT2D eigenvalue weighted by molar-refractivity contribution is -0.121. The number of hydrogen-bond donors (Lipinski definition) is 2. The maximum atomic E-state index is 11.7. The van der Waals surface area contributed by atoms with E-state index in [4.69, 9.17) is 5.73 Å². The van der Waals surface area contributed by atoms with Crippen molar-refractivity contribution in [3.05, 3.63) is 24.3 Å². The van der Waals surface area contributed by atoms with Gasteiger partial charge in [0.05, 0.1) is 11.4 Å². The second-order valence-electron chi connectivity index (χ2n) is 4.02. The first-order valence-electron chi connectivity index (χ1n) is 5.57. The van der Waals surface area contributed by atoms with Gasteiger partial charge in [0.25, 0.3) is 0 Å². The minimum absolute atomic E-state index is 0.0701. The summed E-state index contributed by atoms with van der Waals surface area (Å²) in [5, 5.41) is 2.70. The summed E-state index contributed by atoms with van der Waals surface area (Å²) in [4.78, 5) is 13.8. The monoisotopic (exact) mass is 219 g/mol. The van der Waals surface area contributed by atoms with Crippen LogP contribution >= 0.6 is 0 Å². The van der Waals surface area contributed by atoms with Gasteiger partial charge in [-0.2, -0.15) is 0 Å². The first-order valence-corrected chi connectivity index (χ1v) is 5.57. The lowest BCUT2D eigenvalue weighted by Crippen LogP contribution is -2.42. The van der Waals surface area contributed by atoms with Crippen LogP contribution in [0.2, 0.25) is 0 Å². The molecule has 86 valence electrons. The zero-order chi connectivity index (χ0) is 11.5. The van der Waals surface area contributed by atoms with E-state index in [-0.39, 0.29) is 11.9 Å². The number of nitrogen functional groups attached to an aromatic ring is 1. The van der Waals surface area contributed by atoms with Crippen molar-refractivity contribution in [1.82, 2.24) is 5.32 Å². The molecular formula is C12H17N3O. The van der Waals surface area contributed by atoms with E-state index in [1.165, 1.54) is 0 Å². The number of anilines is 2. The third-order valence-electron chi connectivity index (χ3n) is 3.05. The van der Waals surface area contributed by atoms with Gasteiger partial charge in [-0.15, -0.1) is 0 Å². The number of benzene rings is 1. The minimum atomic E-state index is -0.0744. The zero-order valence-electron chi connectivity index (χ0n) is 9.44. The second kappa shape index (κ2) is 4.43. The average Bonchev–Trinajstić information content (AvgIpc) is 2.77. The smallest absolute Gasteiger partial charge is 0.242 e. The SMILES string of the molecule is CNC(=O)C1CCCN1c1ccccc1N. The van der Waals surface area contributed by atoms with Gasteiger partial charge in [0.1, 0.15) is 6.04 Å². The summed E-state index contributed by atoms with van der Waals surface area (Å²) in [5.41, 5.74) is 7.63. The number of hydrogen-bond acceptors (Lipinski definition) is 3. The number of nitrogens with one attached hydrogen (secondary N) is 1. The van der Waals surface area contributed by atoms with Crippen molar-refractivity contribution in [2.24, 2.45) is 0 Å². The van der Waals surface area contributed by atoms with Crippen LogP contribution in [0.3, 0.4) is 0 Å². The standard InChI is InChI=1S/C12H17N3O/c1-14-12(16)11-7-4-8-15(11)10-6-3-2-5-9(10)13/h2-3,5-6,11H,4,7-8,13H2,1H3,(H,14,16). The van der Waals surface area contributed by atoms with Crippen LogP contribution in [0.15, 0.2) is 24.3 Å². The second-order valence-corrected chi connectivity index (χ2v) is 4.02. The number of rotatable bonds is 2. The first kappa shape index (κ1) is 10.8. The molecule has 0 aromatic heterocycles. The van der Waals surface area contributed by atoms with E-state index in [9.17, 15) is 4.79 Å². The molecule has 16 heavy (non-hydrogen) atoms. The Morgan fingerprint density at radius 1 is 1.50 bits per heavy atom. The van der Waals surface area contributed by atoms with Crippen molar-refractivity contribution in [2.45, 2.75) is 18.9 Å². The number of likely N-dealkylation sites (N-methyl/N-ethyl adjacent to an activating group) is 1. The van der Waals surface area contributed by atoms with Gasteiger partial charge in [-0.25, -0.2) is 0 Å². The Labute approximate surface area is 95.4 Å². The van der Waals surface area contributed by atoms with Gasteiger partial charge in [0.2, 0.25) is 5.91 Å². The van der Waals surface area contributed by atoms with Crippen LogP contribution in [0.4, 0.5) is 11.4 Å². The molecule has 1 heterocycles. The highest BCUT2D eigenvalue weighted by atomic mass is 16.2. The summed E-state index contributed by atoms with van der Waals surface area (Å²) < 4.78 is 0. The number of para-hydroxylation sites is 2. The van der Waals surface area contributed by atoms with E-state index in [2.05, 4.69) is 10.2 Å². The van der Waals surface area contributed by atoms with E-state index in [0.717, 1.165) is 30.8 Å². The van der Waals surface area contributed by atoms with E-state index >= 15 is 0 Å². The van der Waals surface area contributed by atoms with Crippen LogP contribution in [0, 0.1) is 0 Å². The molecule has 2 rings (SSSR count). The van der Waals surface area contributed by atoms with Crippen LogP contribution in [0.1, 0.15) is 12.8 Å². The van der Waals surface area contributed by atoms with Crippen LogP contribution in [-0.4, -0.2) is 25.5 Å². The Morgan fingerprint density at radius 2 is 2.25 bits per heavy atom. The normalized spacial score (nSPS) is 19.8. The van der Waals surface area contributed by atoms with E-state index in [0.29, 0.717) is 0 Å². The molecule has 0 aliphatic carbocycles. The van der Waals surface area contributed by atoms with Crippen LogP contribution in [0.5, 0.6) is 0 Å². The molecular weight excluding hydrogens is 202 g/mol. The molecule has 1 saturated heterocycles. The maximum absolute atomic E-state index is 11.7. The molecule has 4 nitrogen and oxygen atoms in total. The Bertz CT molecular complexity index is 392.